The lowest BCUT2D eigenvalue weighted by Crippen LogP contribution is -2.32. The van der Waals surface area contributed by atoms with Gasteiger partial charge in [-0.2, -0.15) is 0 Å². The molecule has 0 amide bonds. The highest BCUT2D eigenvalue weighted by molar-refractivity contribution is 5.98. The largest absolute Gasteiger partial charge is 0.466 e. The van der Waals surface area contributed by atoms with Gasteiger partial charge in [-0.05, 0) is 30.5 Å². The Morgan fingerprint density at radius 1 is 0.933 bits per heavy atom. The fraction of sp³-hybridized carbons (Fsp3) is 0.409. The van der Waals surface area contributed by atoms with E-state index >= 15 is 0 Å². The Morgan fingerprint density at radius 2 is 1.50 bits per heavy atom. The number of ether oxygens (including phenoxy) is 4. The Kier molecular flexibility index (Phi) is 6.89. The summed E-state index contributed by atoms with van der Waals surface area (Å²) in [6.07, 6.45) is 5.27. The summed E-state index contributed by atoms with van der Waals surface area (Å²) in [4.78, 5) is 38.7. The first-order valence-corrected chi connectivity index (χ1v) is 9.64. The number of benzene rings is 1. The quantitative estimate of drug-likeness (QED) is 0.516. The molecule has 0 bridgehead atoms. The van der Waals surface area contributed by atoms with Crippen molar-refractivity contribution in [1.82, 2.24) is 4.90 Å². The van der Waals surface area contributed by atoms with Crippen molar-refractivity contribution in [2.45, 2.75) is 24.9 Å². The van der Waals surface area contributed by atoms with Crippen LogP contribution in [0.2, 0.25) is 0 Å². The first kappa shape index (κ1) is 21.6. The number of rotatable bonds is 6. The normalized spacial score (nSPS) is 19.0. The summed E-state index contributed by atoms with van der Waals surface area (Å²) in [5.74, 6) is -2.27. The van der Waals surface area contributed by atoms with E-state index in [4.69, 9.17) is 18.9 Å². The third-order valence-corrected chi connectivity index (χ3v) is 5.18. The van der Waals surface area contributed by atoms with E-state index in [1.54, 1.807) is 41.6 Å². The van der Waals surface area contributed by atoms with Crippen LogP contribution in [-0.2, 0) is 28.5 Å². The molecule has 8 heteroatoms. The Morgan fingerprint density at radius 3 is 1.97 bits per heavy atom. The molecule has 0 N–H and O–H groups in total. The first-order valence-electron chi connectivity index (χ1n) is 9.64. The number of esters is 3. The summed E-state index contributed by atoms with van der Waals surface area (Å²) in [6.45, 7) is 1.21. The Balaban J connectivity index is 2.00. The van der Waals surface area contributed by atoms with Crippen LogP contribution < -0.4 is 0 Å². The van der Waals surface area contributed by atoms with E-state index in [0.717, 1.165) is 12.8 Å². The average molecular weight is 415 g/mol. The van der Waals surface area contributed by atoms with E-state index in [1.807, 2.05) is 0 Å². The van der Waals surface area contributed by atoms with Gasteiger partial charge in [-0.1, -0.05) is 12.1 Å². The number of carbonyl (C=O) groups excluding carboxylic acids is 3. The van der Waals surface area contributed by atoms with Crippen LogP contribution in [-0.4, -0.2) is 63.4 Å². The first-order chi connectivity index (χ1) is 14.5. The Labute approximate surface area is 175 Å². The van der Waals surface area contributed by atoms with Gasteiger partial charge in [-0.25, -0.2) is 14.4 Å². The van der Waals surface area contributed by atoms with Gasteiger partial charge < -0.3 is 23.8 Å². The van der Waals surface area contributed by atoms with Gasteiger partial charge in [0.2, 0.25) is 0 Å². The topological polar surface area (TPSA) is 91.4 Å². The Hall–Kier alpha value is -3.13. The molecule has 2 aliphatic rings. The second kappa shape index (κ2) is 9.58. The summed E-state index contributed by atoms with van der Waals surface area (Å²) >= 11 is 0. The summed E-state index contributed by atoms with van der Waals surface area (Å²) in [7, 11) is 3.89. The van der Waals surface area contributed by atoms with Gasteiger partial charge in [0.25, 0.3) is 0 Å². The number of hydrogen-bond donors (Lipinski definition) is 0. The summed E-state index contributed by atoms with van der Waals surface area (Å²) < 4.78 is 20.4. The average Bonchev–Trinajstić information content (AvgIpc) is 3.30. The molecular weight excluding hydrogens is 390 g/mol. The fourth-order valence-corrected chi connectivity index (χ4v) is 3.71. The van der Waals surface area contributed by atoms with E-state index in [9.17, 15) is 14.4 Å². The minimum absolute atomic E-state index is 0.0196. The van der Waals surface area contributed by atoms with Crippen LogP contribution >= 0.6 is 0 Å². The molecule has 30 heavy (non-hydrogen) atoms. The van der Waals surface area contributed by atoms with Crippen LogP contribution in [0.15, 0.2) is 47.8 Å². The highest BCUT2D eigenvalue weighted by Gasteiger charge is 2.36. The van der Waals surface area contributed by atoms with Crippen LogP contribution in [0.1, 0.15) is 34.7 Å². The summed E-state index contributed by atoms with van der Waals surface area (Å²) in [6, 6.07) is 6.54. The molecule has 2 heterocycles. The monoisotopic (exact) mass is 415 g/mol. The van der Waals surface area contributed by atoms with E-state index in [0.29, 0.717) is 35.4 Å². The van der Waals surface area contributed by atoms with Crippen molar-refractivity contribution >= 4 is 17.9 Å². The van der Waals surface area contributed by atoms with Gasteiger partial charge in [0.05, 0.1) is 50.1 Å². The lowest BCUT2D eigenvalue weighted by atomic mass is 9.83. The van der Waals surface area contributed by atoms with Crippen LogP contribution in [0.5, 0.6) is 0 Å². The fourth-order valence-electron chi connectivity index (χ4n) is 3.71. The van der Waals surface area contributed by atoms with Crippen LogP contribution in [0.3, 0.4) is 0 Å². The molecule has 0 spiro atoms. The van der Waals surface area contributed by atoms with Gasteiger partial charge in [0, 0.05) is 25.6 Å². The van der Waals surface area contributed by atoms with E-state index in [-0.39, 0.29) is 6.10 Å². The van der Waals surface area contributed by atoms with Gasteiger partial charge in [0.1, 0.15) is 0 Å². The maximum Gasteiger partial charge on any atom is 0.337 e. The van der Waals surface area contributed by atoms with Crippen molar-refractivity contribution in [2.24, 2.45) is 0 Å². The molecule has 0 aliphatic carbocycles. The maximum absolute atomic E-state index is 12.6. The predicted octanol–water partition coefficient (Wildman–Crippen LogP) is 2.17. The lowest BCUT2D eigenvalue weighted by molar-refractivity contribution is -0.137. The van der Waals surface area contributed by atoms with Crippen molar-refractivity contribution in [1.29, 1.82) is 0 Å². The molecule has 1 aromatic carbocycles. The van der Waals surface area contributed by atoms with Crippen molar-refractivity contribution in [2.75, 3.05) is 34.5 Å². The van der Waals surface area contributed by atoms with Gasteiger partial charge in [0.15, 0.2) is 0 Å². The Bertz CT molecular complexity index is 832. The molecule has 0 radical (unpaired) electrons. The highest BCUT2D eigenvalue weighted by atomic mass is 16.5. The molecule has 0 aromatic heterocycles. The zero-order valence-corrected chi connectivity index (χ0v) is 17.3. The maximum atomic E-state index is 12.6. The molecule has 2 aliphatic heterocycles. The third kappa shape index (κ3) is 4.54. The van der Waals surface area contributed by atoms with Gasteiger partial charge in [-0.15, -0.1) is 0 Å². The number of nitrogens with zero attached hydrogens (tertiary/aromatic N) is 1. The van der Waals surface area contributed by atoms with E-state index in [1.165, 1.54) is 21.3 Å². The van der Waals surface area contributed by atoms with Gasteiger partial charge in [-0.3, -0.25) is 0 Å². The van der Waals surface area contributed by atoms with Crippen LogP contribution in [0.4, 0.5) is 0 Å². The lowest BCUT2D eigenvalue weighted by Gasteiger charge is -2.31. The van der Waals surface area contributed by atoms with Crippen LogP contribution in [0, 0.1) is 0 Å². The van der Waals surface area contributed by atoms with Crippen molar-refractivity contribution in [3.05, 3.63) is 58.9 Å². The number of hydrogen-bond acceptors (Lipinski definition) is 8. The molecular formula is C22H25NO7. The molecule has 0 saturated carbocycles. The number of carbonyl (C=O) groups is 3. The minimum Gasteiger partial charge on any atom is -0.466 e. The standard InChI is InChI=1S/C22H25NO7/c1-27-20(24)15-8-6-14(7-9-15)19-17(21(25)28-2)12-23(11-16-5-4-10-30-16)13-18(19)22(26)29-3/h6-9,12-13,16,19H,4-5,10-11H2,1-3H3/t16-/m0/s1. The zero-order valence-electron chi connectivity index (χ0n) is 17.3. The molecule has 1 saturated heterocycles. The van der Waals surface area contributed by atoms with Crippen molar-refractivity contribution in [3.8, 4) is 0 Å². The smallest absolute Gasteiger partial charge is 0.337 e. The van der Waals surface area contributed by atoms with Crippen molar-refractivity contribution < 1.29 is 33.3 Å². The second-order valence-electron chi connectivity index (χ2n) is 7.03. The number of methoxy groups -OCH3 is 3. The molecule has 0 unspecified atom stereocenters. The summed E-state index contributed by atoms with van der Waals surface area (Å²) in [5.41, 5.74) is 1.60. The molecule has 1 aromatic rings. The zero-order chi connectivity index (χ0) is 21.7. The summed E-state index contributed by atoms with van der Waals surface area (Å²) in [5, 5.41) is 0. The van der Waals surface area contributed by atoms with Gasteiger partial charge >= 0.3 is 17.9 Å². The SMILES string of the molecule is COC(=O)C1=CN(C[C@@H]2CCCO2)C=C(C(=O)OC)C1c1ccc(C(=O)OC)cc1. The predicted molar refractivity (Wildman–Crippen MR) is 106 cm³/mol. The van der Waals surface area contributed by atoms with Crippen molar-refractivity contribution in [3.63, 3.8) is 0 Å². The second-order valence-corrected chi connectivity index (χ2v) is 7.03. The third-order valence-electron chi connectivity index (χ3n) is 5.18. The van der Waals surface area contributed by atoms with Crippen LogP contribution in [0.25, 0.3) is 0 Å². The molecule has 1 fully saturated rings. The molecule has 1 atom stereocenters. The minimum atomic E-state index is -0.697. The molecule has 8 nitrogen and oxygen atoms in total. The molecule has 3 rings (SSSR count). The van der Waals surface area contributed by atoms with E-state index in [2.05, 4.69) is 0 Å². The molecule has 160 valence electrons. The highest BCUT2D eigenvalue weighted by Crippen LogP contribution is 2.37. The van der Waals surface area contributed by atoms with E-state index < -0.39 is 23.8 Å².